The lowest BCUT2D eigenvalue weighted by atomic mass is 10.1. The number of nitrogens with one attached hydrogen (secondary N) is 2. The Hall–Kier alpha value is -2.04. The summed E-state index contributed by atoms with van der Waals surface area (Å²) in [5, 5.41) is 4.72. The van der Waals surface area contributed by atoms with Crippen LogP contribution in [0.3, 0.4) is 0 Å². The maximum absolute atomic E-state index is 14.4. The van der Waals surface area contributed by atoms with E-state index >= 15 is 0 Å². The molecule has 0 atom stereocenters. The summed E-state index contributed by atoms with van der Waals surface area (Å²) >= 11 is 3.64. The molecule has 27 heavy (non-hydrogen) atoms. The number of hydroxylamine groups is 1. The Kier molecular flexibility index (Phi) is 6.40. The summed E-state index contributed by atoms with van der Waals surface area (Å²) in [7, 11) is 0. The van der Waals surface area contributed by atoms with Crippen molar-refractivity contribution < 1.29 is 18.4 Å². The van der Waals surface area contributed by atoms with Crippen LogP contribution in [0.5, 0.6) is 0 Å². The van der Waals surface area contributed by atoms with Gasteiger partial charge in [0, 0.05) is 14.1 Å². The van der Waals surface area contributed by atoms with E-state index in [1.165, 1.54) is 17.4 Å². The number of carbonyl (C=O) groups is 1. The first-order valence-electron chi connectivity index (χ1n) is 7.91. The number of benzene rings is 2. The quantitative estimate of drug-likeness (QED) is 0.345. The summed E-state index contributed by atoms with van der Waals surface area (Å²) in [6.45, 7) is 2.03. The lowest BCUT2D eigenvalue weighted by Crippen LogP contribution is -2.24. The largest absolute Gasteiger partial charge is 0.352 e. The van der Waals surface area contributed by atoms with Crippen molar-refractivity contribution in [3.8, 4) is 0 Å². The molecule has 0 aliphatic heterocycles. The molecule has 0 saturated heterocycles. The molecular weight excluding hydrogens is 485 g/mol. The fourth-order valence-electron chi connectivity index (χ4n) is 2.39. The van der Waals surface area contributed by atoms with Crippen molar-refractivity contribution in [2.45, 2.75) is 13.5 Å². The highest BCUT2D eigenvalue weighted by molar-refractivity contribution is 14.1. The molecule has 0 saturated carbocycles. The molecule has 0 radical (unpaired) electrons. The molecular formula is C19H15F2IN2O2S. The first-order valence-corrected chi connectivity index (χ1v) is 9.87. The number of rotatable bonds is 6. The molecule has 3 rings (SSSR count). The molecule has 0 aliphatic rings. The van der Waals surface area contributed by atoms with Crippen LogP contribution in [0.15, 0.2) is 47.8 Å². The fraction of sp³-hybridized carbons (Fsp3) is 0.105. The van der Waals surface area contributed by atoms with Crippen molar-refractivity contribution in [3.63, 3.8) is 0 Å². The standard InChI is InChI=1S/C19H15F2IN2O2S/c1-11-9-12(22)4-7-16(11)23-18-14(5-6-15(20)17(18)21)19(25)24-26-10-13-3-2-8-27-13/h2-9,23H,10H2,1H3,(H,24,25). The number of anilines is 2. The molecule has 4 nitrogen and oxygen atoms in total. The maximum Gasteiger partial charge on any atom is 0.277 e. The molecule has 140 valence electrons. The predicted octanol–water partition coefficient (Wildman–Crippen LogP) is 5.54. The van der Waals surface area contributed by atoms with Crippen molar-refractivity contribution >= 4 is 51.2 Å². The molecule has 1 aromatic heterocycles. The summed E-state index contributed by atoms with van der Waals surface area (Å²) in [5.41, 5.74) is 3.39. The Balaban J connectivity index is 1.82. The third-order valence-corrected chi connectivity index (χ3v) is 5.27. The minimum Gasteiger partial charge on any atom is -0.352 e. The van der Waals surface area contributed by atoms with Gasteiger partial charge in [0.05, 0.1) is 11.3 Å². The van der Waals surface area contributed by atoms with Crippen LogP contribution in [-0.4, -0.2) is 5.91 Å². The molecule has 0 aliphatic carbocycles. The van der Waals surface area contributed by atoms with Crippen LogP contribution in [0, 0.1) is 22.1 Å². The predicted molar refractivity (Wildman–Crippen MR) is 110 cm³/mol. The van der Waals surface area contributed by atoms with Crippen molar-refractivity contribution in [1.29, 1.82) is 0 Å². The van der Waals surface area contributed by atoms with E-state index in [0.29, 0.717) is 5.69 Å². The van der Waals surface area contributed by atoms with Crippen LogP contribution in [0.2, 0.25) is 0 Å². The van der Waals surface area contributed by atoms with Gasteiger partial charge in [0.2, 0.25) is 0 Å². The van der Waals surface area contributed by atoms with E-state index in [4.69, 9.17) is 4.84 Å². The normalized spacial score (nSPS) is 10.7. The van der Waals surface area contributed by atoms with E-state index in [-0.39, 0.29) is 17.9 Å². The average molecular weight is 500 g/mol. The molecule has 2 aromatic carbocycles. The van der Waals surface area contributed by atoms with Crippen LogP contribution in [-0.2, 0) is 11.4 Å². The van der Waals surface area contributed by atoms with Crippen LogP contribution in [0.1, 0.15) is 20.8 Å². The van der Waals surface area contributed by atoms with E-state index in [1.54, 1.807) is 6.07 Å². The monoisotopic (exact) mass is 500 g/mol. The number of halogens is 3. The lowest BCUT2D eigenvalue weighted by molar-refractivity contribution is 0.0243. The third kappa shape index (κ3) is 4.82. The minimum absolute atomic E-state index is 0.0574. The van der Waals surface area contributed by atoms with Crippen molar-refractivity contribution in [2.75, 3.05) is 5.32 Å². The van der Waals surface area contributed by atoms with Gasteiger partial charge in [-0.3, -0.25) is 9.63 Å². The van der Waals surface area contributed by atoms with Gasteiger partial charge < -0.3 is 5.32 Å². The van der Waals surface area contributed by atoms with E-state index in [2.05, 4.69) is 33.4 Å². The Bertz CT molecular complexity index is 965. The molecule has 3 aromatic rings. The second kappa shape index (κ2) is 8.77. The minimum atomic E-state index is -1.13. The summed E-state index contributed by atoms with van der Waals surface area (Å²) in [6, 6.07) is 11.3. The number of hydrogen-bond acceptors (Lipinski definition) is 4. The zero-order valence-electron chi connectivity index (χ0n) is 14.2. The lowest BCUT2D eigenvalue weighted by Gasteiger charge is -2.15. The molecule has 0 unspecified atom stereocenters. The topological polar surface area (TPSA) is 50.4 Å². The number of thiophene rings is 1. The molecule has 2 N–H and O–H groups in total. The van der Waals surface area contributed by atoms with Crippen molar-refractivity contribution in [2.24, 2.45) is 0 Å². The summed E-state index contributed by atoms with van der Waals surface area (Å²) in [4.78, 5) is 18.5. The van der Waals surface area contributed by atoms with Gasteiger partial charge in [0.15, 0.2) is 11.6 Å². The summed E-state index contributed by atoms with van der Waals surface area (Å²) in [6.07, 6.45) is 0. The average Bonchev–Trinajstić information content (AvgIpc) is 3.14. The number of amides is 1. The van der Waals surface area contributed by atoms with Crippen LogP contribution < -0.4 is 10.8 Å². The second-order valence-corrected chi connectivity index (χ2v) is 7.95. The highest BCUT2D eigenvalue weighted by Gasteiger charge is 2.20. The van der Waals surface area contributed by atoms with Gasteiger partial charge in [-0.1, -0.05) is 6.07 Å². The van der Waals surface area contributed by atoms with Gasteiger partial charge in [0.25, 0.3) is 5.91 Å². The fourth-order valence-corrected chi connectivity index (χ4v) is 3.65. The van der Waals surface area contributed by atoms with E-state index in [1.807, 2.05) is 36.6 Å². The number of carbonyl (C=O) groups excluding carboxylic acids is 1. The smallest absolute Gasteiger partial charge is 0.277 e. The molecule has 0 fully saturated rings. The zero-order valence-corrected chi connectivity index (χ0v) is 17.2. The van der Waals surface area contributed by atoms with E-state index < -0.39 is 17.5 Å². The molecule has 1 amide bonds. The number of aryl methyl sites for hydroxylation is 1. The van der Waals surface area contributed by atoms with E-state index in [0.717, 1.165) is 20.1 Å². The van der Waals surface area contributed by atoms with Gasteiger partial charge in [-0.2, -0.15) is 0 Å². The SMILES string of the molecule is Cc1cc(I)ccc1Nc1c(C(=O)NOCc2cccs2)ccc(F)c1F. The highest BCUT2D eigenvalue weighted by Crippen LogP contribution is 2.29. The van der Waals surface area contributed by atoms with Crippen LogP contribution >= 0.6 is 33.9 Å². The molecule has 8 heteroatoms. The highest BCUT2D eigenvalue weighted by atomic mass is 127. The number of hydrogen-bond donors (Lipinski definition) is 2. The summed E-state index contributed by atoms with van der Waals surface area (Å²) < 4.78 is 29.2. The molecule has 0 spiro atoms. The van der Waals surface area contributed by atoms with Gasteiger partial charge in [0.1, 0.15) is 6.61 Å². The Morgan fingerprint density at radius 1 is 1.22 bits per heavy atom. The summed E-state index contributed by atoms with van der Waals surface area (Å²) in [5.74, 6) is -2.84. The van der Waals surface area contributed by atoms with Gasteiger partial charge >= 0.3 is 0 Å². The Morgan fingerprint density at radius 2 is 2.04 bits per heavy atom. The maximum atomic E-state index is 14.4. The molecule has 0 bridgehead atoms. The van der Waals surface area contributed by atoms with Crippen molar-refractivity contribution in [3.05, 3.63) is 79.1 Å². The first-order chi connectivity index (χ1) is 13.0. The third-order valence-electron chi connectivity index (χ3n) is 3.75. The second-order valence-electron chi connectivity index (χ2n) is 5.67. The van der Waals surface area contributed by atoms with Gasteiger partial charge in [-0.15, -0.1) is 11.3 Å². The van der Waals surface area contributed by atoms with E-state index in [9.17, 15) is 13.6 Å². The van der Waals surface area contributed by atoms with Crippen LogP contribution in [0.4, 0.5) is 20.2 Å². The van der Waals surface area contributed by atoms with Gasteiger partial charge in [-0.25, -0.2) is 14.3 Å². The Labute approximate surface area is 172 Å². The van der Waals surface area contributed by atoms with Crippen LogP contribution in [0.25, 0.3) is 0 Å². The molecule has 1 heterocycles. The van der Waals surface area contributed by atoms with Gasteiger partial charge in [-0.05, 0) is 76.9 Å². The Morgan fingerprint density at radius 3 is 2.74 bits per heavy atom. The first kappa shape index (κ1) is 19.7. The zero-order chi connectivity index (χ0) is 19.4. The van der Waals surface area contributed by atoms with Crippen molar-refractivity contribution in [1.82, 2.24) is 5.48 Å².